The van der Waals surface area contributed by atoms with Crippen molar-refractivity contribution >= 4 is 11.8 Å². The normalized spacial score (nSPS) is 24.1. The molecule has 16 heavy (non-hydrogen) atoms. The molecule has 0 radical (unpaired) electrons. The van der Waals surface area contributed by atoms with Gasteiger partial charge in [-0.2, -0.15) is 0 Å². The van der Waals surface area contributed by atoms with Crippen molar-refractivity contribution in [3.8, 4) is 0 Å². The Hall–Kier alpha value is -0.860. The number of imide groups is 1. The van der Waals surface area contributed by atoms with Gasteiger partial charge in [0.05, 0.1) is 0 Å². The molecule has 2 aliphatic rings. The van der Waals surface area contributed by atoms with Gasteiger partial charge in [-0.15, -0.1) is 0 Å². The lowest BCUT2D eigenvalue weighted by Gasteiger charge is -2.41. The Labute approximate surface area is 98.2 Å². The first kappa shape index (κ1) is 13.2. The maximum absolute atomic E-state index is 11.6. The third-order valence-electron chi connectivity index (χ3n) is 3.71. The molecule has 1 saturated carbocycles. The Kier molecular flexibility index (Phi) is 4.51. The first-order valence-corrected chi connectivity index (χ1v) is 6.42. The summed E-state index contributed by atoms with van der Waals surface area (Å²) in [4.78, 5) is 24.5. The summed E-state index contributed by atoms with van der Waals surface area (Å²) in [6.45, 7) is 4.00. The lowest BCUT2D eigenvalue weighted by molar-refractivity contribution is -0.152. The zero-order valence-electron chi connectivity index (χ0n) is 10.7. The average molecular weight is 225 g/mol. The molecule has 1 aliphatic heterocycles. The SMILES string of the molecule is CC.CN1C(=O)CC2(CCCCC2)CC1=O. The van der Waals surface area contributed by atoms with E-state index >= 15 is 0 Å². The fourth-order valence-electron chi connectivity index (χ4n) is 2.74. The van der Waals surface area contributed by atoms with Crippen molar-refractivity contribution in [1.29, 1.82) is 0 Å². The Bertz CT molecular complexity index is 247. The molecule has 0 N–H and O–H groups in total. The van der Waals surface area contributed by atoms with Crippen molar-refractivity contribution in [2.24, 2.45) is 5.41 Å². The molecule has 2 amide bonds. The van der Waals surface area contributed by atoms with Crippen LogP contribution in [-0.2, 0) is 9.59 Å². The summed E-state index contributed by atoms with van der Waals surface area (Å²) in [7, 11) is 1.60. The highest BCUT2D eigenvalue weighted by molar-refractivity contribution is 5.98. The van der Waals surface area contributed by atoms with Crippen molar-refractivity contribution in [3.05, 3.63) is 0 Å². The molecule has 0 unspecified atom stereocenters. The van der Waals surface area contributed by atoms with Gasteiger partial charge >= 0.3 is 0 Å². The molecule has 3 nitrogen and oxygen atoms in total. The number of hydrogen-bond acceptors (Lipinski definition) is 2. The topological polar surface area (TPSA) is 37.4 Å². The van der Waals surface area contributed by atoms with Gasteiger partial charge in [0.25, 0.3) is 0 Å². The quantitative estimate of drug-likeness (QED) is 0.594. The summed E-state index contributed by atoms with van der Waals surface area (Å²) in [6, 6.07) is 0. The number of piperidine rings is 1. The second kappa shape index (κ2) is 5.46. The fraction of sp³-hybridized carbons (Fsp3) is 0.846. The highest BCUT2D eigenvalue weighted by Crippen LogP contribution is 2.44. The smallest absolute Gasteiger partial charge is 0.229 e. The molecule has 1 saturated heterocycles. The Balaban J connectivity index is 0.000000606. The van der Waals surface area contributed by atoms with Gasteiger partial charge < -0.3 is 0 Å². The standard InChI is InChI=1S/C11H17NO2.C2H6/c1-12-9(13)7-11(8-10(12)14)5-3-2-4-6-11;1-2/h2-8H2,1H3;1-2H3. The maximum atomic E-state index is 11.6. The van der Waals surface area contributed by atoms with E-state index < -0.39 is 0 Å². The summed E-state index contributed by atoms with van der Waals surface area (Å²) in [5, 5.41) is 0. The molecular weight excluding hydrogens is 202 g/mol. The molecule has 92 valence electrons. The number of amides is 2. The van der Waals surface area contributed by atoms with E-state index in [-0.39, 0.29) is 17.2 Å². The van der Waals surface area contributed by atoms with E-state index in [1.807, 2.05) is 13.8 Å². The van der Waals surface area contributed by atoms with Crippen LogP contribution in [0.5, 0.6) is 0 Å². The second-order valence-electron chi connectivity index (χ2n) is 4.76. The van der Waals surface area contributed by atoms with Crippen molar-refractivity contribution in [1.82, 2.24) is 4.90 Å². The van der Waals surface area contributed by atoms with Crippen molar-refractivity contribution < 1.29 is 9.59 Å². The summed E-state index contributed by atoms with van der Waals surface area (Å²) in [5.74, 6) is 0.0336. The summed E-state index contributed by atoms with van der Waals surface area (Å²) in [6.07, 6.45) is 6.95. The highest BCUT2D eigenvalue weighted by atomic mass is 16.2. The minimum Gasteiger partial charge on any atom is -0.286 e. The third kappa shape index (κ3) is 2.63. The van der Waals surface area contributed by atoms with Gasteiger partial charge in [-0.05, 0) is 18.3 Å². The maximum Gasteiger partial charge on any atom is 0.229 e. The molecule has 0 aromatic heterocycles. The van der Waals surface area contributed by atoms with Crippen LogP contribution >= 0.6 is 0 Å². The second-order valence-corrected chi connectivity index (χ2v) is 4.76. The molecule has 0 bridgehead atoms. The Morgan fingerprint density at radius 2 is 1.38 bits per heavy atom. The number of likely N-dealkylation sites (tertiary alicyclic amines) is 1. The van der Waals surface area contributed by atoms with Gasteiger partial charge in [0.2, 0.25) is 11.8 Å². The van der Waals surface area contributed by atoms with E-state index in [1.165, 1.54) is 24.2 Å². The largest absolute Gasteiger partial charge is 0.286 e. The first-order chi connectivity index (χ1) is 7.63. The first-order valence-electron chi connectivity index (χ1n) is 6.42. The number of nitrogens with zero attached hydrogens (tertiary/aromatic N) is 1. The summed E-state index contributed by atoms with van der Waals surface area (Å²) < 4.78 is 0. The van der Waals surface area contributed by atoms with Crippen LogP contribution in [0.15, 0.2) is 0 Å². The van der Waals surface area contributed by atoms with Crippen LogP contribution in [0.4, 0.5) is 0 Å². The minimum atomic E-state index is 0.0168. The van der Waals surface area contributed by atoms with Crippen molar-refractivity contribution in [3.63, 3.8) is 0 Å². The van der Waals surface area contributed by atoms with E-state index in [1.54, 1.807) is 7.05 Å². The zero-order chi connectivity index (χ0) is 12.2. The lowest BCUT2D eigenvalue weighted by atomic mass is 9.68. The summed E-state index contributed by atoms with van der Waals surface area (Å²) in [5.41, 5.74) is 0.0406. The van der Waals surface area contributed by atoms with Crippen LogP contribution < -0.4 is 0 Å². The van der Waals surface area contributed by atoms with Gasteiger partial charge in [-0.1, -0.05) is 33.1 Å². The predicted octanol–water partition coefficient (Wildman–Crippen LogP) is 2.74. The van der Waals surface area contributed by atoms with E-state index in [4.69, 9.17) is 0 Å². The van der Waals surface area contributed by atoms with E-state index in [0.29, 0.717) is 12.8 Å². The highest BCUT2D eigenvalue weighted by Gasteiger charge is 2.42. The number of carbonyl (C=O) groups excluding carboxylic acids is 2. The lowest BCUT2D eigenvalue weighted by Crippen LogP contribution is -2.46. The number of rotatable bonds is 0. The summed E-state index contributed by atoms with van der Waals surface area (Å²) >= 11 is 0. The van der Waals surface area contributed by atoms with Crippen LogP contribution in [-0.4, -0.2) is 23.8 Å². The van der Waals surface area contributed by atoms with Gasteiger partial charge in [0.1, 0.15) is 0 Å². The van der Waals surface area contributed by atoms with Crippen molar-refractivity contribution in [2.75, 3.05) is 7.05 Å². The molecule has 0 atom stereocenters. The monoisotopic (exact) mass is 225 g/mol. The molecule has 3 heteroatoms. The van der Waals surface area contributed by atoms with Gasteiger partial charge in [-0.25, -0.2) is 0 Å². The fourth-order valence-corrected chi connectivity index (χ4v) is 2.74. The molecule has 2 rings (SSSR count). The van der Waals surface area contributed by atoms with Crippen LogP contribution in [0.1, 0.15) is 58.8 Å². The van der Waals surface area contributed by atoms with Crippen LogP contribution in [0.2, 0.25) is 0 Å². The van der Waals surface area contributed by atoms with Crippen molar-refractivity contribution in [2.45, 2.75) is 58.8 Å². The number of hydrogen-bond donors (Lipinski definition) is 0. The zero-order valence-corrected chi connectivity index (χ0v) is 10.7. The van der Waals surface area contributed by atoms with E-state index in [2.05, 4.69) is 0 Å². The van der Waals surface area contributed by atoms with Gasteiger partial charge in [0.15, 0.2) is 0 Å². The molecule has 0 aromatic carbocycles. The Morgan fingerprint density at radius 3 is 1.81 bits per heavy atom. The predicted molar refractivity (Wildman–Crippen MR) is 63.9 cm³/mol. The van der Waals surface area contributed by atoms with Crippen LogP contribution in [0.3, 0.4) is 0 Å². The van der Waals surface area contributed by atoms with Crippen LogP contribution in [0, 0.1) is 5.41 Å². The van der Waals surface area contributed by atoms with E-state index in [9.17, 15) is 9.59 Å². The molecule has 0 aromatic rings. The van der Waals surface area contributed by atoms with Gasteiger partial charge in [0, 0.05) is 19.9 Å². The number of carbonyl (C=O) groups is 2. The minimum absolute atomic E-state index is 0.0168. The molecule has 1 aliphatic carbocycles. The molecule has 1 heterocycles. The van der Waals surface area contributed by atoms with Crippen LogP contribution in [0.25, 0.3) is 0 Å². The molecular formula is C13H23NO2. The third-order valence-corrected chi connectivity index (χ3v) is 3.71. The van der Waals surface area contributed by atoms with E-state index in [0.717, 1.165) is 12.8 Å². The Morgan fingerprint density at radius 1 is 0.938 bits per heavy atom. The molecule has 2 fully saturated rings. The molecule has 1 spiro atoms. The average Bonchev–Trinajstić information content (AvgIpc) is 2.30. The van der Waals surface area contributed by atoms with Gasteiger partial charge in [-0.3, -0.25) is 14.5 Å².